The molecule has 10 heteroatoms. The van der Waals surface area contributed by atoms with Gasteiger partial charge in [-0.1, -0.05) is 6.07 Å². The van der Waals surface area contributed by atoms with Crippen molar-refractivity contribution in [3.63, 3.8) is 0 Å². The molecule has 0 aliphatic heterocycles. The third-order valence-corrected chi connectivity index (χ3v) is 4.83. The van der Waals surface area contributed by atoms with E-state index < -0.39 is 12.0 Å². The molecule has 1 unspecified atom stereocenters. The lowest BCUT2D eigenvalue weighted by Crippen LogP contribution is -2.31. The van der Waals surface area contributed by atoms with Crippen molar-refractivity contribution >= 4 is 56.2 Å². The summed E-state index contributed by atoms with van der Waals surface area (Å²) in [4.78, 5) is 24.5. The summed E-state index contributed by atoms with van der Waals surface area (Å²) in [7, 11) is 1.41. The van der Waals surface area contributed by atoms with Crippen LogP contribution < -0.4 is 16.0 Å². The monoisotopic (exact) mass is 368 g/mol. The fraction of sp³-hybridized carbons (Fsp3) is 0.154. The number of nitrogens with two attached hydrogens (primary N) is 1. The molecule has 1 aromatic carbocycles. The number of H-pyrrole nitrogens is 1. The van der Waals surface area contributed by atoms with Crippen LogP contribution in [0.25, 0.3) is 10.2 Å². The molecule has 0 radical (unpaired) electrons. The number of nitrogens with zero attached hydrogens (tertiary/aromatic N) is 1. The summed E-state index contributed by atoms with van der Waals surface area (Å²) in [5.41, 5.74) is 9.31. The first-order chi connectivity index (χ1) is 11.1. The van der Waals surface area contributed by atoms with Gasteiger partial charge in [-0.3, -0.25) is 0 Å². The first-order valence-corrected chi connectivity index (χ1v) is 8.52. The molecule has 2 heterocycles. The van der Waals surface area contributed by atoms with Crippen LogP contribution in [0.5, 0.6) is 5.75 Å². The van der Waals surface area contributed by atoms with Crippen LogP contribution in [0.3, 0.4) is 0 Å². The number of hydrogen-bond donors (Lipinski definition) is 3. The number of aromatic amines is 1. The number of esters is 1. The lowest BCUT2D eigenvalue weighted by atomic mass is 10.2. The molecule has 0 amide bonds. The molecule has 120 valence electrons. The van der Waals surface area contributed by atoms with E-state index in [9.17, 15) is 4.79 Å². The number of benzene rings is 1. The van der Waals surface area contributed by atoms with E-state index in [1.54, 1.807) is 17.5 Å². The molecule has 0 saturated carbocycles. The predicted octanol–water partition coefficient (Wildman–Crippen LogP) is 2.80. The molecule has 0 aliphatic rings. The third kappa shape index (κ3) is 3.41. The van der Waals surface area contributed by atoms with E-state index in [4.69, 9.17) is 27.5 Å². The number of fused-ring (bicyclic) bond motifs is 1. The van der Waals surface area contributed by atoms with E-state index in [2.05, 4.69) is 15.4 Å². The first kappa shape index (κ1) is 16.0. The Hall–Kier alpha value is -1.85. The van der Waals surface area contributed by atoms with Crippen LogP contribution in [0, 0.1) is 3.95 Å². The van der Waals surface area contributed by atoms with Crippen LogP contribution in [0.4, 0.5) is 5.13 Å². The Labute approximate surface area is 144 Å². The van der Waals surface area contributed by atoms with Gasteiger partial charge >= 0.3 is 5.97 Å². The quantitative estimate of drug-likeness (QED) is 0.275. The molecular formula is C13H12N4O3S3. The minimum Gasteiger partial charge on any atom is -0.423 e. The fourth-order valence-electron chi connectivity index (χ4n) is 1.98. The molecule has 1 atom stereocenters. The zero-order chi connectivity index (χ0) is 16.4. The second kappa shape index (κ2) is 6.72. The van der Waals surface area contributed by atoms with E-state index in [1.807, 2.05) is 6.07 Å². The van der Waals surface area contributed by atoms with Gasteiger partial charge in [0.05, 0.1) is 17.5 Å². The molecule has 4 N–H and O–H groups in total. The van der Waals surface area contributed by atoms with Crippen LogP contribution in [0.2, 0.25) is 0 Å². The van der Waals surface area contributed by atoms with Gasteiger partial charge < -0.3 is 20.3 Å². The van der Waals surface area contributed by atoms with Gasteiger partial charge in [-0.25, -0.2) is 9.78 Å². The van der Waals surface area contributed by atoms with Crippen LogP contribution in [0.1, 0.15) is 11.7 Å². The summed E-state index contributed by atoms with van der Waals surface area (Å²) in [5, 5.41) is 2.03. The van der Waals surface area contributed by atoms with Crippen LogP contribution in [-0.2, 0) is 9.63 Å². The summed E-state index contributed by atoms with van der Waals surface area (Å²) in [6.45, 7) is 0. The summed E-state index contributed by atoms with van der Waals surface area (Å²) in [6.07, 6.45) is 0. The number of hydroxylamine groups is 1. The predicted molar refractivity (Wildman–Crippen MR) is 92.1 cm³/mol. The standard InChI is InChI=1S/C13H12N4O3S3/c1-19-17-9(6-5-22-12(14)15-6)11(18)20-7-3-2-4-8-10(7)16-13(21)23-8/h2-5,9,17H,1H3,(H2,14,15)(H,16,21). The Bertz CT molecular complexity index is 901. The number of rotatable bonds is 5. The van der Waals surface area contributed by atoms with Crippen LogP contribution in [-0.4, -0.2) is 23.0 Å². The molecule has 3 aromatic rings. The highest BCUT2D eigenvalue weighted by atomic mass is 32.1. The zero-order valence-electron chi connectivity index (χ0n) is 11.9. The number of thiazole rings is 2. The molecule has 0 spiro atoms. The van der Waals surface area contributed by atoms with Crippen molar-refractivity contribution in [2.75, 3.05) is 12.8 Å². The van der Waals surface area contributed by atoms with Gasteiger partial charge in [0.25, 0.3) is 0 Å². The number of carbonyl (C=O) groups excluding carboxylic acids is 1. The van der Waals surface area contributed by atoms with Crippen molar-refractivity contribution in [2.45, 2.75) is 6.04 Å². The number of nitrogens with one attached hydrogen (secondary N) is 2. The summed E-state index contributed by atoms with van der Waals surface area (Å²) < 4.78 is 7.02. The van der Waals surface area contributed by atoms with E-state index >= 15 is 0 Å². The average molecular weight is 368 g/mol. The number of para-hydroxylation sites is 1. The number of hydrogen-bond acceptors (Lipinski definition) is 9. The van der Waals surface area contributed by atoms with Gasteiger partial charge in [0, 0.05) is 5.38 Å². The first-order valence-electron chi connectivity index (χ1n) is 6.41. The molecule has 7 nitrogen and oxygen atoms in total. The number of aromatic nitrogens is 2. The maximum absolute atomic E-state index is 12.5. The second-order valence-corrected chi connectivity index (χ2v) is 7.04. The molecule has 2 aromatic heterocycles. The average Bonchev–Trinajstić information content (AvgIpc) is 3.10. The largest absolute Gasteiger partial charge is 0.423 e. The van der Waals surface area contributed by atoms with Gasteiger partial charge in [0.15, 0.2) is 20.9 Å². The van der Waals surface area contributed by atoms with Gasteiger partial charge in [-0.2, -0.15) is 5.48 Å². The SMILES string of the molecule is CONC(C(=O)Oc1cccc2sc(=S)[nH]c12)c1csc(N)n1. The van der Waals surface area contributed by atoms with E-state index in [-0.39, 0.29) is 0 Å². The maximum Gasteiger partial charge on any atom is 0.337 e. The van der Waals surface area contributed by atoms with Crippen molar-refractivity contribution in [1.29, 1.82) is 0 Å². The Morgan fingerprint density at radius 2 is 2.35 bits per heavy atom. The molecule has 0 fully saturated rings. The molecular weight excluding hydrogens is 356 g/mol. The molecule has 23 heavy (non-hydrogen) atoms. The Morgan fingerprint density at radius 1 is 1.52 bits per heavy atom. The van der Waals surface area contributed by atoms with E-state index in [0.29, 0.717) is 26.0 Å². The molecule has 3 rings (SSSR count). The fourth-order valence-corrected chi connectivity index (χ4v) is 3.69. The third-order valence-electron chi connectivity index (χ3n) is 2.94. The van der Waals surface area contributed by atoms with Gasteiger partial charge in [0.1, 0.15) is 5.52 Å². The molecule has 0 aliphatic carbocycles. The van der Waals surface area contributed by atoms with Crippen molar-refractivity contribution in [1.82, 2.24) is 15.4 Å². The van der Waals surface area contributed by atoms with Crippen molar-refractivity contribution < 1.29 is 14.4 Å². The van der Waals surface area contributed by atoms with E-state index in [0.717, 1.165) is 4.70 Å². The number of carbonyl (C=O) groups is 1. The minimum absolute atomic E-state index is 0.361. The second-order valence-electron chi connectivity index (χ2n) is 4.43. The van der Waals surface area contributed by atoms with Gasteiger partial charge in [-0.05, 0) is 24.4 Å². The van der Waals surface area contributed by atoms with Gasteiger partial charge in [-0.15, -0.1) is 22.7 Å². The highest BCUT2D eigenvalue weighted by molar-refractivity contribution is 7.73. The lowest BCUT2D eigenvalue weighted by Gasteiger charge is -2.14. The number of nitrogen functional groups attached to an aromatic ring is 1. The number of ether oxygens (including phenoxy) is 1. The summed E-state index contributed by atoms with van der Waals surface area (Å²) >= 11 is 7.77. The Balaban J connectivity index is 1.90. The summed E-state index contributed by atoms with van der Waals surface area (Å²) in [6, 6.07) is 4.50. The zero-order valence-corrected chi connectivity index (χ0v) is 14.3. The number of anilines is 1. The lowest BCUT2D eigenvalue weighted by molar-refractivity contribution is -0.140. The minimum atomic E-state index is -0.884. The van der Waals surface area contributed by atoms with Crippen molar-refractivity contribution in [3.8, 4) is 5.75 Å². The Morgan fingerprint density at radius 3 is 3.04 bits per heavy atom. The van der Waals surface area contributed by atoms with Crippen LogP contribution >= 0.6 is 34.9 Å². The van der Waals surface area contributed by atoms with Crippen molar-refractivity contribution in [3.05, 3.63) is 33.2 Å². The molecule has 0 saturated heterocycles. The smallest absolute Gasteiger partial charge is 0.337 e. The van der Waals surface area contributed by atoms with Gasteiger partial charge in [0.2, 0.25) is 0 Å². The topological polar surface area (TPSA) is 102 Å². The van der Waals surface area contributed by atoms with Crippen LogP contribution in [0.15, 0.2) is 23.6 Å². The highest BCUT2D eigenvalue weighted by Gasteiger charge is 2.26. The Kier molecular flexibility index (Phi) is 4.68. The molecule has 0 bridgehead atoms. The van der Waals surface area contributed by atoms with Crippen molar-refractivity contribution in [2.24, 2.45) is 0 Å². The maximum atomic E-state index is 12.5. The highest BCUT2D eigenvalue weighted by Crippen LogP contribution is 2.29. The van der Waals surface area contributed by atoms with E-state index in [1.165, 1.54) is 29.8 Å². The normalized spacial score (nSPS) is 12.4. The summed E-state index contributed by atoms with van der Waals surface area (Å²) in [5.74, 6) is -0.166.